The summed E-state index contributed by atoms with van der Waals surface area (Å²) in [6.45, 7) is 2.43. The quantitative estimate of drug-likeness (QED) is 0.497. The van der Waals surface area contributed by atoms with E-state index >= 15 is 0 Å². The molecule has 2 rings (SSSR count). The molecule has 0 radical (unpaired) electrons. The molecule has 0 saturated heterocycles. The van der Waals surface area contributed by atoms with Gasteiger partial charge in [-0.2, -0.15) is 5.10 Å². The maximum Gasteiger partial charge on any atom is 0.329 e. The number of carbonyl (C=O) groups is 2. The van der Waals surface area contributed by atoms with Gasteiger partial charge in [-0.3, -0.25) is 9.59 Å². The number of carbonyl (C=O) groups excluding carboxylic acids is 2. The van der Waals surface area contributed by atoms with Crippen LogP contribution in [-0.4, -0.2) is 24.6 Å². The van der Waals surface area contributed by atoms with Gasteiger partial charge in [0.2, 0.25) is 0 Å². The third kappa shape index (κ3) is 5.10. The van der Waals surface area contributed by atoms with Crippen LogP contribution in [0.15, 0.2) is 53.6 Å². The predicted octanol–water partition coefficient (Wildman–Crippen LogP) is 2.83. The Hall–Kier alpha value is -2.86. The zero-order valence-corrected chi connectivity index (χ0v) is 13.7. The number of halogens is 1. The standard InChI is InChI=1S/C17H16ClN3O3/c1-2-24-14-9-7-13(8-10-14)20-16(22)17(23)21-19-11-12-5-3-4-6-15(12)18/h3-11H,2H2,1H3,(H,20,22)(H,21,23). The van der Waals surface area contributed by atoms with Gasteiger partial charge in [0.15, 0.2) is 0 Å². The van der Waals surface area contributed by atoms with Crippen molar-refractivity contribution in [3.63, 3.8) is 0 Å². The van der Waals surface area contributed by atoms with E-state index in [1.54, 1.807) is 48.5 Å². The monoisotopic (exact) mass is 345 g/mol. The van der Waals surface area contributed by atoms with Gasteiger partial charge < -0.3 is 10.1 Å². The zero-order valence-electron chi connectivity index (χ0n) is 13.0. The molecule has 0 spiro atoms. The highest BCUT2D eigenvalue weighted by Gasteiger charge is 2.12. The van der Waals surface area contributed by atoms with Gasteiger partial charge in [-0.15, -0.1) is 0 Å². The van der Waals surface area contributed by atoms with Crippen molar-refractivity contribution in [2.24, 2.45) is 5.10 Å². The number of ether oxygens (including phenoxy) is 1. The maximum absolute atomic E-state index is 11.8. The molecule has 7 heteroatoms. The molecule has 0 aliphatic heterocycles. The molecule has 2 N–H and O–H groups in total. The van der Waals surface area contributed by atoms with E-state index in [-0.39, 0.29) is 0 Å². The predicted molar refractivity (Wildman–Crippen MR) is 93.4 cm³/mol. The average Bonchev–Trinajstić information content (AvgIpc) is 2.58. The number of amides is 2. The molecule has 0 aliphatic carbocycles. The first-order valence-corrected chi connectivity index (χ1v) is 7.59. The van der Waals surface area contributed by atoms with Gasteiger partial charge in [-0.05, 0) is 37.3 Å². The molecular formula is C17H16ClN3O3. The van der Waals surface area contributed by atoms with Crippen LogP contribution in [0.25, 0.3) is 0 Å². The third-order valence-electron chi connectivity index (χ3n) is 2.90. The number of benzene rings is 2. The molecule has 0 saturated carbocycles. The molecule has 2 aromatic carbocycles. The Morgan fingerprint density at radius 3 is 2.50 bits per heavy atom. The molecule has 0 bridgehead atoms. The lowest BCUT2D eigenvalue weighted by Gasteiger charge is -2.06. The van der Waals surface area contributed by atoms with Crippen LogP contribution in [0.3, 0.4) is 0 Å². The number of hydrogen-bond donors (Lipinski definition) is 2. The summed E-state index contributed by atoms with van der Waals surface area (Å²) in [5.41, 5.74) is 3.26. The number of hydrazone groups is 1. The van der Waals surface area contributed by atoms with Gasteiger partial charge >= 0.3 is 11.8 Å². The van der Waals surface area contributed by atoms with Gasteiger partial charge in [0.05, 0.1) is 12.8 Å². The number of nitrogens with one attached hydrogen (secondary N) is 2. The summed E-state index contributed by atoms with van der Waals surface area (Å²) in [4.78, 5) is 23.5. The van der Waals surface area contributed by atoms with Crippen molar-refractivity contribution in [1.82, 2.24) is 5.43 Å². The molecule has 0 aromatic heterocycles. The first kappa shape index (κ1) is 17.5. The highest BCUT2D eigenvalue weighted by molar-refractivity contribution is 6.39. The summed E-state index contributed by atoms with van der Waals surface area (Å²) >= 11 is 5.95. The Morgan fingerprint density at radius 1 is 1.12 bits per heavy atom. The fourth-order valence-electron chi connectivity index (χ4n) is 1.78. The molecule has 0 fully saturated rings. The van der Waals surface area contributed by atoms with E-state index < -0.39 is 11.8 Å². The molecule has 0 atom stereocenters. The van der Waals surface area contributed by atoms with Crippen LogP contribution in [0.2, 0.25) is 5.02 Å². The second-order valence-corrected chi connectivity index (χ2v) is 5.04. The first-order chi connectivity index (χ1) is 11.6. The Morgan fingerprint density at radius 2 is 1.83 bits per heavy atom. The van der Waals surface area contributed by atoms with E-state index in [1.807, 2.05) is 6.92 Å². The van der Waals surface area contributed by atoms with Crippen LogP contribution in [0.1, 0.15) is 12.5 Å². The van der Waals surface area contributed by atoms with Crippen molar-refractivity contribution in [3.8, 4) is 5.75 Å². The summed E-state index contributed by atoms with van der Waals surface area (Å²) in [7, 11) is 0. The lowest BCUT2D eigenvalue weighted by Crippen LogP contribution is -2.32. The Labute approximate surface area is 144 Å². The van der Waals surface area contributed by atoms with Crippen LogP contribution < -0.4 is 15.5 Å². The fourth-order valence-corrected chi connectivity index (χ4v) is 1.96. The van der Waals surface area contributed by atoms with Crippen LogP contribution in [0.5, 0.6) is 5.75 Å². The minimum atomic E-state index is -0.882. The van der Waals surface area contributed by atoms with E-state index in [0.717, 1.165) is 0 Å². The van der Waals surface area contributed by atoms with Crippen molar-refractivity contribution in [2.75, 3.05) is 11.9 Å². The average molecular weight is 346 g/mol. The summed E-state index contributed by atoms with van der Waals surface area (Å²) in [5.74, 6) is -1.02. The van der Waals surface area contributed by atoms with Crippen LogP contribution in [-0.2, 0) is 9.59 Å². The molecule has 24 heavy (non-hydrogen) atoms. The van der Waals surface area contributed by atoms with Crippen molar-refractivity contribution in [3.05, 3.63) is 59.1 Å². The molecular weight excluding hydrogens is 330 g/mol. The number of rotatable bonds is 5. The topological polar surface area (TPSA) is 79.8 Å². The molecule has 2 aromatic rings. The largest absolute Gasteiger partial charge is 0.494 e. The third-order valence-corrected chi connectivity index (χ3v) is 3.25. The van der Waals surface area contributed by atoms with Crippen molar-refractivity contribution >= 4 is 35.3 Å². The second kappa shape index (κ2) is 8.69. The summed E-state index contributed by atoms with van der Waals surface area (Å²) < 4.78 is 5.30. The summed E-state index contributed by atoms with van der Waals surface area (Å²) in [5, 5.41) is 6.67. The van der Waals surface area contributed by atoms with Crippen molar-refractivity contribution in [2.45, 2.75) is 6.92 Å². The summed E-state index contributed by atoms with van der Waals surface area (Å²) in [6, 6.07) is 13.7. The van der Waals surface area contributed by atoms with Gasteiger partial charge in [-0.25, -0.2) is 5.43 Å². The Bertz CT molecular complexity index is 745. The smallest absolute Gasteiger partial charge is 0.329 e. The Balaban J connectivity index is 1.88. The highest BCUT2D eigenvalue weighted by Crippen LogP contribution is 2.15. The zero-order chi connectivity index (χ0) is 17.4. The van der Waals surface area contributed by atoms with E-state index in [4.69, 9.17) is 16.3 Å². The fraction of sp³-hybridized carbons (Fsp3) is 0.118. The maximum atomic E-state index is 11.8. The van der Waals surface area contributed by atoms with Crippen LogP contribution in [0, 0.1) is 0 Å². The molecule has 6 nitrogen and oxygen atoms in total. The molecule has 124 valence electrons. The highest BCUT2D eigenvalue weighted by atomic mass is 35.5. The van der Waals surface area contributed by atoms with Crippen LogP contribution >= 0.6 is 11.6 Å². The van der Waals surface area contributed by atoms with Crippen molar-refractivity contribution < 1.29 is 14.3 Å². The van der Waals surface area contributed by atoms with Gasteiger partial charge in [0.1, 0.15) is 5.75 Å². The minimum Gasteiger partial charge on any atom is -0.494 e. The summed E-state index contributed by atoms with van der Waals surface area (Å²) in [6.07, 6.45) is 1.37. The lowest BCUT2D eigenvalue weighted by atomic mass is 10.2. The molecule has 0 unspecified atom stereocenters. The second-order valence-electron chi connectivity index (χ2n) is 4.63. The molecule has 0 aliphatic rings. The van der Waals surface area contributed by atoms with Gasteiger partial charge in [0, 0.05) is 16.3 Å². The Kier molecular flexibility index (Phi) is 6.33. The van der Waals surface area contributed by atoms with Crippen molar-refractivity contribution in [1.29, 1.82) is 0 Å². The minimum absolute atomic E-state index is 0.480. The first-order valence-electron chi connectivity index (χ1n) is 7.22. The molecule has 2 amide bonds. The van der Waals surface area contributed by atoms with E-state index in [9.17, 15) is 9.59 Å². The number of nitrogens with zero attached hydrogens (tertiary/aromatic N) is 1. The van der Waals surface area contributed by atoms with Crippen LogP contribution in [0.4, 0.5) is 5.69 Å². The number of hydrogen-bond acceptors (Lipinski definition) is 4. The van der Waals surface area contributed by atoms with E-state index in [2.05, 4.69) is 15.8 Å². The van der Waals surface area contributed by atoms with Gasteiger partial charge in [-0.1, -0.05) is 29.8 Å². The molecule has 0 heterocycles. The number of anilines is 1. The lowest BCUT2D eigenvalue weighted by molar-refractivity contribution is -0.136. The van der Waals surface area contributed by atoms with E-state index in [0.29, 0.717) is 28.6 Å². The SMILES string of the molecule is CCOc1ccc(NC(=O)C(=O)NN=Cc2ccccc2Cl)cc1. The van der Waals surface area contributed by atoms with Gasteiger partial charge in [0.25, 0.3) is 0 Å². The normalized spacial score (nSPS) is 10.4. The van der Waals surface area contributed by atoms with E-state index in [1.165, 1.54) is 6.21 Å².